The molecule has 0 aliphatic heterocycles. The normalized spacial score (nSPS) is 10.3. The van der Waals surface area contributed by atoms with Crippen molar-refractivity contribution in [3.05, 3.63) is 52.6 Å². The summed E-state index contributed by atoms with van der Waals surface area (Å²) in [7, 11) is 1.59. The van der Waals surface area contributed by atoms with Crippen LogP contribution < -0.4 is 10.2 Å². The Morgan fingerprint density at radius 3 is 2.89 bits per heavy atom. The lowest BCUT2D eigenvalue weighted by Crippen LogP contribution is -2.11. The first-order valence-electron chi connectivity index (χ1n) is 5.56. The first kappa shape index (κ1) is 12.7. The Morgan fingerprint density at radius 1 is 1.33 bits per heavy atom. The van der Waals surface area contributed by atoms with Crippen molar-refractivity contribution in [2.24, 2.45) is 0 Å². The molecule has 18 heavy (non-hydrogen) atoms. The number of aryl methyl sites for hydroxylation is 1. The van der Waals surface area contributed by atoms with Gasteiger partial charge in [0.15, 0.2) is 5.43 Å². The van der Waals surface area contributed by atoms with Crippen LogP contribution in [0, 0.1) is 0 Å². The van der Waals surface area contributed by atoms with Gasteiger partial charge in [0.1, 0.15) is 12.0 Å². The Morgan fingerprint density at radius 2 is 2.17 bits per heavy atom. The number of ether oxygens (including phenoxy) is 1. The molecule has 0 N–H and O–H groups in total. The van der Waals surface area contributed by atoms with Gasteiger partial charge < -0.3 is 9.15 Å². The zero-order chi connectivity index (χ0) is 13.0. The van der Waals surface area contributed by atoms with Crippen molar-refractivity contribution in [3.8, 4) is 16.9 Å². The SMILES string of the molecule is COc1cccc(-c2cocc(CCCl)c2=O)c1. The standard InChI is InChI=1S/C14H13ClO3/c1-17-12-4-2-3-10(7-12)13-9-18-8-11(5-6-15)14(13)16/h2-4,7-9H,5-6H2,1H3. The van der Waals surface area contributed by atoms with Crippen molar-refractivity contribution in [1.82, 2.24) is 0 Å². The van der Waals surface area contributed by atoms with Crippen LogP contribution in [0.25, 0.3) is 11.1 Å². The third-order valence-corrected chi connectivity index (χ3v) is 2.87. The molecular formula is C14H13ClO3. The fraction of sp³-hybridized carbons (Fsp3) is 0.214. The minimum Gasteiger partial charge on any atom is -0.497 e. The molecule has 94 valence electrons. The molecule has 0 bridgehead atoms. The molecule has 1 aromatic carbocycles. The third kappa shape index (κ3) is 2.57. The van der Waals surface area contributed by atoms with Gasteiger partial charge in [0, 0.05) is 11.4 Å². The Kier molecular flexibility index (Phi) is 4.05. The lowest BCUT2D eigenvalue weighted by Gasteiger charge is -2.05. The highest BCUT2D eigenvalue weighted by molar-refractivity contribution is 6.17. The Labute approximate surface area is 110 Å². The first-order valence-corrected chi connectivity index (χ1v) is 6.09. The highest BCUT2D eigenvalue weighted by atomic mass is 35.5. The van der Waals surface area contributed by atoms with E-state index in [1.807, 2.05) is 18.2 Å². The molecule has 1 aromatic heterocycles. The number of hydrogen-bond donors (Lipinski definition) is 0. The number of hydrogen-bond acceptors (Lipinski definition) is 3. The summed E-state index contributed by atoms with van der Waals surface area (Å²) in [5.74, 6) is 1.10. The van der Waals surface area contributed by atoms with Gasteiger partial charge in [-0.1, -0.05) is 12.1 Å². The summed E-state index contributed by atoms with van der Waals surface area (Å²) >= 11 is 5.65. The molecule has 0 saturated carbocycles. The maximum atomic E-state index is 12.2. The smallest absolute Gasteiger partial charge is 0.195 e. The van der Waals surface area contributed by atoms with Gasteiger partial charge in [-0.25, -0.2) is 0 Å². The molecule has 0 amide bonds. The van der Waals surface area contributed by atoms with Crippen molar-refractivity contribution in [1.29, 1.82) is 0 Å². The van der Waals surface area contributed by atoms with E-state index in [1.54, 1.807) is 13.2 Å². The van der Waals surface area contributed by atoms with Crippen LogP contribution in [0.1, 0.15) is 5.56 Å². The van der Waals surface area contributed by atoms with E-state index in [9.17, 15) is 4.79 Å². The molecule has 0 fully saturated rings. The fourth-order valence-electron chi connectivity index (χ4n) is 1.73. The molecule has 0 unspecified atom stereocenters. The number of halogens is 1. The van der Waals surface area contributed by atoms with Gasteiger partial charge in [-0.2, -0.15) is 0 Å². The number of benzene rings is 1. The minimum absolute atomic E-state index is 0.0462. The van der Waals surface area contributed by atoms with E-state index in [0.717, 1.165) is 5.56 Å². The number of alkyl halides is 1. The van der Waals surface area contributed by atoms with Gasteiger partial charge in [-0.05, 0) is 24.1 Å². The van der Waals surface area contributed by atoms with Crippen molar-refractivity contribution < 1.29 is 9.15 Å². The van der Waals surface area contributed by atoms with Gasteiger partial charge in [-0.3, -0.25) is 4.79 Å². The average Bonchev–Trinajstić information content (AvgIpc) is 2.41. The van der Waals surface area contributed by atoms with Crippen LogP contribution in [-0.4, -0.2) is 13.0 Å². The Bertz CT molecular complexity index is 590. The van der Waals surface area contributed by atoms with Crippen molar-refractivity contribution in [2.45, 2.75) is 6.42 Å². The van der Waals surface area contributed by atoms with Crippen molar-refractivity contribution >= 4 is 11.6 Å². The average molecular weight is 265 g/mol. The number of rotatable bonds is 4. The second kappa shape index (κ2) is 5.74. The second-order valence-corrected chi connectivity index (χ2v) is 4.19. The van der Waals surface area contributed by atoms with Gasteiger partial charge >= 0.3 is 0 Å². The van der Waals surface area contributed by atoms with E-state index in [0.29, 0.717) is 29.2 Å². The van der Waals surface area contributed by atoms with Gasteiger partial charge in [0.2, 0.25) is 0 Å². The van der Waals surface area contributed by atoms with E-state index in [1.165, 1.54) is 12.5 Å². The Hall–Kier alpha value is -1.74. The molecule has 2 rings (SSSR count). The van der Waals surface area contributed by atoms with Crippen LogP contribution in [0.15, 0.2) is 46.0 Å². The van der Waals surface area contributed by atoms with Gasteiger partial charge in [-0.15, -0.1) is 11.6 Å². The predicted octanol–water partition coefficient (Wildman–Crippen LogP) is 3.10. The summed E-state index contributed by atoms with van der Waals surface area (Å²) in [6, 6.07) is 7.31. The lowest BCUT2D eigenvalue weighted by molar-refractivity contribution is 0.415. The van der Waals surface area contributed by atoms with Crippen LogP contribution in [0.4, 0.5) is 0 Å². The van der Waals surface area contributed by atoms with Crippen LogP contribution in [-0.2, 0) is 6.42 Å². The van der Waals surface area contributed by atoms with E-state index in [2.05, 4.69) is 0 Å². The van der Waals surface area contributed by atoms with Gasteiger partial charge in [0.05, 0.1) is 18.9 Å². The molecule has 0 saturated heterocycles. The maximum absolute atomic E-state index is 12.2. The number of methoxy groups -OCH3 is 1. The zero-order valence-corrected chi connectivity index (χ0v) is 10.7. The monoisotopic (exact) mass is 264 g/mol. The highest BCUT2D eigenvalue weighted by Crippen LogP contribution is 2.21. The zero-order valence-electron chi connectivity index (χ0n) is 9.98. The molecule has 4 heteroatoms. The Balaban J connectivity index is 2.50. The van der Waals surface area contributed by atoms with Gasteiger partial charge in [0.25, 0.3) is 0 Å². The van der Waals surface area contributed by atoms with E-state index in [4.69, 9.17) is 20.8 Å². The van der Waals surface area contributed by atoms with Crippen molar-refractivity contribution in [3.63, 3.8) is 0 Å². The fourth-order valence-corrected chi connectivity index (χ4v) is 1.93. The molecule has 0 atom stereocenters. The maximum Gasteiger partial charge on any atom is 0.195 e. The largest absolute Gasteiger partial charge is 0.497 e. The summed E-state index contributed by atoms with van der Waals surface area (Å²) in [6.07, 6.45) is 3.41. The quantitative estimate of drug-likeness (QED) is 0.797. The predicted molar refractivity (Wildman–Crippen MR) is 71.4 cm³/mol. The summed E-state index contributed by atoms with van der Waals surface area (Å²) < 4.78 is 10.3. The molecule has 0 aliphatic rings. The van der Waals surface area contributed by atoms with E-state index < -0.39 is 0 Å². The topological polar surface area (TPSA) is 39.4 Å². The first-order chi connectivity index (χ1) is 8.76. The molecule has 0 spiro atoms. The van der Waals surface area contributed by atoms with Crippen LogP contribution in [0.5, 0.6) is 5.75 Å². The van der Waals surface area contributed by atoms with E-state index >= 15 is 0 Å². The molecule has 1 heterocycles. The molecule has 0 aliphatic carbocycles. The summed E-state index contributed by atoms with van der Waals surface area (Å²) in [6.45, 7) is 0. The molecule has 2 aromatic rings. The van der Waals surface area contributed by atoms with Crippen molar-refractivity contribution in [2.75, 3.05) is 13.0 Å². The summed E-state index contributed by atoms with van der Waals surface area (Å²) in [4.78, 5) is 12.2. The highest BCUT2D eigenvalue weighted by Gasteiger charge is 2.09. The third-order valence-electron chi connectivity index (χ3n) is 2.68. The molecular weight excluding hydrogens is 252 g/mol. The molecule has 0 radical (unpaired) electrons. The second-order valence-electron chi connectivity index (χ2n) is 3.81. The summed E-state index contributed by atoms with van der Waals surface area (Å²) in [5.41, 5.74) is 1.84. The van der Waals surface area contributed by atoms with Crippen LogP contribution in [0.2, 0.25) is 0 Å². The van der Waals surface area contributed by atoms with Crippen LogP contribution >= 0.6 is 11.6 Å². The lowest BCUT2D eigenvalue weighted by atomic mass is 10.0. The summed E-state index contributed by atoms with van der Waals surface area (Å²) in [5, 5.41) is 0. The van der Waals surface area contributed by atoms with E-state index in [-0.39, 0.29) is 5.43 Å². The van der Waals surface area contributed by atoms with Crippen LogP contribution in [0.3, 0.4) is 0 Å². The molecule has 3 nitrogen and oxygen atoms in total. The minimum atomic E-state index is -0.0462.